The number of nitrogens with zero attached hydrogens (tertiary/aromatic N) is 2. The van der Waals surface area contributed by atoms with Crippen molar-refractivity contribution in [1.29, 1.82) is 0 Å². The third kappa shape index (κ3) is 3.71. The first-order valence-corrected chi connectivity index (χ1v) is 7.03. The Labute approximate surface area is 124 Å². The van der Waals surface area contributed by atoms with E-state index < -0.39 is 6.10 Å². The number of aromatic nitrogens is 1. The van der Waals surface area contributed by atoms with Crippen LogP contribution in [0.3, 0.4) is 0 Å². The first-order chi connectivity index (χ1) is 9.58. The van der Waals surface area contributed by atoms with Gasteiger partial charge in [-0.2, -0.15) is 0 Å². The van der Waals surface area contributed by atoms with Gasteiger partial charge in [-0.25, -0.2) is 0 Å². The SMILES string of the molecule is CC(O)c1ccc(N(C)CCc2ccncc2)c(Cl)c1. The van der Waals surface area contributed by atoms with Gasteiger partial charge in [-0.15, -0.1) is 0 Å². The van der Waals surface area contributed by atoms with Crippen molar-refractivity contribution in [2.24, 2.45) is 0 Å². The molecule has 1 aromatic heterocycles. The summed E-state index contributed by atoms with van der Waals surface area (Å²) < 4.78 is 0. The average Bonchev–Trinajstić information content (AvgIpc) is 2.45. The van der Waals surface area contributed by atoms with Gasteiger partial charge >= 0.3 is 0 Å². The Morgan fingerprint density at radius 2 is 1.95 bits per heavy atom. The van der Waals surface area contributed by atoms with E-state index in [1.54, 1.807) is 19.3 Å². The van der Waals surface area contributed by atoms with Crippen molar-refractivity contribution in [3.05, 3.63) is 58.9 Å². The van der Waals surface area contributed by atoms with E-state index in [1.807, 2.05) is 37.4 Å². The van der Waals surface area contributed by atoms with E-state index in [9.17, 15) is 5.11 Å². The van der Waals surface area contributed by atoms with E-state index in [-0.39, 0.29) is 0 Å². The Morgan fingerprint density at radius 1 is 1.25 bits per heavy atom. The van der Waals surface area contributed by atoms with Gasteiger partial charge in [-0.1, -0.05) is 17.7 Å². The largest absolute Gasteiger partial charge is 0.389 e. The van der Waals surface area contributed by atoms with Crippen LogP contribution in [0.4, 0.5) is 5.69 Å². The van der Waals surface area contributed by atoms with E-state index in [0.29, 0.717) is 5.02 Å². The van der Waals surface area contributed by atoms with Gasteiger partial charge in [0.1, 0.15) is 0 Å². The summed E-state index contributed by atoms with van der Waals surface area (Å²) in [6, 6.07) is 9.73. The number of aliphatic hydroxyl groups is 1. The van der Waals surface area contributed by atoms with Crippen LogP contribution in [0.5, 0.6) is 0 Å². The molecule has 0 aliphatic carbocycles. The highest BCUT2D eigenvalue weighted by Gasteiger charge is 2.09. The molecule has 0 fully saturated rings. The monoisotopic (exact) mass is 290 g/mol. The van der Waals surface area contributed by atoms with Crippen LogP contribution in [0.25, 0.3) is 0 Å². The van der Waals surface area contributed by atoms with Crippen LogP contribution < -0.4 is 4.90 Å². The molecule has 0 saturated carbocycles. The van der Waals surface area contributed by atoms with Gasteiger partial charge < -0.3 is 10.0 Å². The maximum absolute atomic E-state index is 9.55. The molecule has 0 radical (unpaired) electrons. The molecule has 2 rings (SSSR count). The van der Waals surface area contributed by atoms with Gasteiger partial charge in [-0.3, -0.25) is 4.98 Å². The normalized spacial score (nSPS) is 12.2. The summed E-state index contributed by atoms with van der Waals surface area (Å²) in [5.41, 5.74) is 3.06. The van der Waals surface area contributed by atoms with Crippen molar-refractivity contribution < 1.29 is 5.11 Å². The van der Waals surface area contributed by atoms with Crippen LogP contribution in [0.1, 0.15) is 24.2 Å². The molecule has 106 valence electrons. The molecule has 0 amide bonds. The molecule has 3 nitrogen and oxygen atoms in total. The third-order valence-electron chi connectivity index (χ3n) is 3.35. The fourth-order valence-corrected chi connectivity index (χ4v) is 2.39. The van der Waals surface area contributed by atoms with Crippen LogP contribution in [0.15, 0.2) is 42.7 Å². The second-order valence-electron chi connectivity index (χ2n) is 4.91. The summed E-state index contributed by atoms with van der Waals surface area (Å²) in [5.74, 6) is 0. The molecule has 1 aromatic carbocycles. The molecule has 4 heteroatoms. The number of anilines is 1. The zero-order chi connectivity index (χ0) is 14.5. The van der Waals surface area contributed by atoms with Crippen LogP contribution in [0, 0.1) is 0 Å². The molecule has 1 unspecified atom stereocenters. The predicted molar refractivity (Wildman–Crippen MR) is 83.3 cm³/mol. The number of likely N-dealkylation sites (N-methyl/N-ethyl adjacent to an activating group) is 1. The quantitative estimate of drug-likeness (QED) is 0.916. The van der Waals surface area contributed by atoms with Gasteiger partial charge in [-0.05, 0) is 48.7 Å². The summed E-state index contributed by atoms with van der Waals surface area (Å²) in [7, 11) is 2.02. The molecule has 0 aliphatic rings. The maximum Gasteiger partial charge on any atom is 0.0762 e. The second-order valence-corrected chi connectivity index (χ2v) is 5.32. The van der Waals surface area contributed by atoms with Gasteiger partial charge in [0.2, 0.25) is 0 Å². The van der Waals surface area contributed by atoms with Gasteiger partial charge in [0.25, 0.3) is 0 Å². The van der Waals surface area contributed by atoms with Gasteiger partial charge in [0.15, 0.2) is 0 Å². The Morgan fingerprint density at radius 3 is 2.55 bits per heavy atom. The van der Waals surface area contributed by atoms with Crippen LogP contribution in [-0.4, -0.2) is 23.7 Å². The predicted octanol–water partition coefficient (Wildman–Crippen LogP) is 3.47. The average molecular weight is 291 g/mol. The Bertz CT molecular complexity index is 558. The summed E-state index contributed by atoms with van der Waals surface area (Å²) in [4.78, 5) is 6.13. The highest BCUT2D eigenvalue weighted by atomic mass is 35.5. The van der Waals surface area contributed by atoms with E-state index in [4.69, 9.17) is 11.6 Å². The molecule has 0 bridgehead atoms. The van der Waals surface area contributed by atoms with Gasteiger partial charge in [0.05, 0.1) is 16.8 Å². The van der Waals surface area contributed by atoms with Gasteiger partial charge in [0, 0.05) is 26.0 Å². The second kappa shape index (κ2) is 6.73. The van der Waals surface area contributed by atoms with Crippen molar-refractivity contribution in [1.82, 2.24) is 4.98 Å². The zero-order valence-electron chi connectivity index (χ0n) is 11.8. The number of benzene rings is 1. The fraction of sp³-hybridized carbons (Fsp3) is 0.312. The van der Waals surface area contributed by atoms with Crippen molar-refractivity contribution in [2.45, 2.75) is 19.4 Å². The Kier molecular flexibility index (Phi) is 4.99. The summed E-state index contributed by atoms with van der Waals surface area (Å²) in [6.45, 7) is 2.61. The van der Waals surface area contributed by atoms with Crippen LogP contribution >= 0.6 is 11.6 Å². The minimum atomic E-state index is -0.497. The van der Waals surface area contributed by atoms with Crippen molar-refractivity contribution in [3.8, 4) is 0 Å². The Hall–Kier alpha value is -1.58. The molecule has 1 atom stereocenters. The lowest BCUT2D eigenvalue weighted by Crippen LogP contribution is -2.20. The number of aliphatic hydroxyl groups excluding tert-OH is 1. The molecule has 0 saturated heterocycles. The maximum atomic E-state index is 9.55. The fourth-order valence-electron chi connectivity index (χ4n) is 2.06. The lowest BCUT2D eigenvalue weighted by molar-refractivity contribution is 0.199. The number of pyridine rings is 1. The third-order valence-corrected chi connectivity index (χ3v) is 3.65. The highest BCUT2D eigenvalue weighted by Crippen LogP contribution is 2.28. The number of hydrogen-bond acceptors (Lipinski definition) is 3. The zero-order valence-corrected chi connectivity index (χ0v) is 12.5. The van der Waals surface area contributed by atoms with E-state index >= 15 is 0 Å². The van der Waals surface area contributed by atoms with Crippen LogP contribution in [0.2, 0.25) is 5.02 Å². The summed E-state index contributed by atoms with van der Waals surface area (Å²) in [6.07, 6.45) is 4.05. The summed E-state index contributed by atoms with van der Waals surface area (Å²) in [5, 5.41) is 10.2. The number of halogens is 1. The minimum Gasteiger partial charge on any atom is -0.389 e. The Balaban J connectivity index is 2.04. The molecule has 2 aromatic rings. The number of rotatable bonds is 5. The van der Waals surface area contributed by atoms with Crippen LogP contribution in [-0.2, 0) is 6.42 Å². The smallest absolute Gasteiger partial charge is 0.0762 e. The van der Waals surface area contributed by atoms with E-state index in [0.717, 1.165) is 24.2 Å². The van der Waals surface area contributed by atoms with E-state index in [1.165, 1.54) is 5.56 Å². The van der Waals surface area contributed by atoms with E-state index in [2.05, 4.69) is 9.88 Å². The summed E-state index contributed by atoms with van der Waals surface area (Å²) >= 11 is 6.29. The lowest BCUT2D eigenvalue weighted by atomic mass is 10.1. The topological polar surface area (TPSA) is 36.4 Å². The highest BCUT2D eigenvalue weighted by molar-refractivity contribution is 6.33. The molecular weight excluding hydrogens is 272 g/mol. The molecule has 0 spiro atoms. The molecule has 1 N–H and O–H groups in total. The first-order valence-electron chi connectivity index (χ1n) is 6.65. The van der Waals surface area contributed by atoms with Crippen molar-refractivity contribution in [3.63, 3.8) is 0 Å². The molecule has 0 aliphatic heterocycles. The van der Waals surface area contributed by atoms with Crippen molar-refractivity contribution in [2.75, 3.05) is 18.5 Å². The number of hydrogen-bond donors (Lipinski definition) is 1. The first kappa shape index (κ1) is 14.8. The standard InChI is InChI=1S/C16H19ClN2O/c1-12(20)14-3-4-16(15(17)11-14)19(2)10-7-13-5-8-18-9-6-13/h3-6,8-9,11-12,20H,7,10H2,1-2H3. The molecule has 1 heterocycles. The minimum absolute atomic E-state index is 0.497. The molecular formula is C16H19ClN2O. The molecule has 20 heavy (non-hydrogen) atoms. The van der Waals surface area contributed by atoms with Crippen molar-refractivity contribution >= 4 is 17.3 Å². The lowest BCUT2D eigenvalue weighted by Gasteiger charge is -2.21.